The van der Waals surface area contributed by atoms with Crippen molar-refractivity contribution in [1.82, 2.24) is 0 Å². The van der Waals surface area contributed by atoms with Gasteiger partial charge in [-0.25, -0.2) is 9.18 Å². The molecule has 3 saturated carbocycles. The average Bonchev–Trinajstić information content (AvgIpc) is 3.17. The minimum atomic E-state index is -0.770. The fraction of sp³-hybridized carbons (Fsp3) is 0.667. The van der Waals surface area contributed by atoms with Crippen LogP contribution in [0.3, 0.4) is 0 Å². The summed E-state index contributed by atoms with van der Waals surface area (Å²) in [6, 6.07) is 2.41. The maximum Gasteiger partial charge on any atom is 0.341 e. The Bertz CT molecular complexity index is 673. The zero-order valence-corrected chi connectivity index (χ0v) is 15.9. The Morgan fingerprint density at radius 3 is 2.04 bits per heavy atom. The Morgan fingerprint density at radius 1 is 1.08 bits per heavy atom. The number of halogens is 1. The summed E-state index contributed by atoms with van der Waals surface area (Å²) in [5.41, 5.74) is -0.112. The van der Waals surface area contributed by atoms with Crippen LogP contribution in [-0.2, 0) is 4.74 Å². The molecule has 3 aliphatic rings. The standard InChI is InChI=1S/C14H16FNO3.C7H12/c1-14(2,3)19-13(17)10-6-9(8-4-5-8)12(16-18)7-11(10)15;1-2-7-4-3-6(1)5-7/h6-8H,4-5H2,1-3H3;6-7H,1-5H2. The highest BCUT2D eigenvalue weighted by molar-refractivity contribution is 5.91. The fourth-order valence-corrected chi connectivity index (χ4v) is 4.04. The van der Waals surface area contributed by atoms with E-state index in [9.17, 15) is 14.1 Å². The summed E-state index contributed by atoms with van der Waals surface area (Å²) < 4.78 is 19.0. The van der Waals surface area contributed by atoms with Crippen LogP contribution in [0.15, 0.2) is 17.3 Å². The molecule has 1 aromatic rings. The van der Waals surface area contributed by atoms with E-state index in [1.165, 1.54) is 17.9 Å². The molecule has 142 valence electrons. The molecule has 4 rings (SSSR count). The summed E-state index contributed by atoms with van der Waals surface area (Å²) in [6.07, 6.45) is 9.69. The van der Waals surface area contributed by atoms with Gasteiger partial charge in [0, 0.05) is 6.07 Å². The fourth-order valence-electron chi connectivity index (χ4n) is 4.04. The van der Waals surface area contributed by atoms with E-state index in [2.05, 4.69) is 5.18 Å². The topological polar surface area (TPSA) is 55.7 Å². The molecule has 0 aliphatic heterocycles. The maximum atomic E-state index is 13.8. The zero-order chi connectivity index (χ0) is 18.9. The Balaban J connectivity index is 0.000000229. The minimum absolute atomic E-state index is 0.0762. The lowest BCUT2D eigenvalue weighted by Crippen LogP contribution is -2.24. The van der Waals surface area contributed by atoms with Crippen LogP contribution in [0.25, 0.3) is 0 Å². The van der Waals surface area contributed by atoms with Gasteiger partial charge < -0.3 is 4.74 Å². The number of rotatable bonds is 3. The van der Waals surface area contributed by atoms with E-state index in [4.69, 9.17) is 4.74 Å². The van der Waals surface area contributed by atoms with E-state index in [0.29, 0.717) is 5.56 Å². The largest absolute Gasteiger partial charge is 0.456 e. The van der Waals surface area contributed by atoms with E-state index in [1.807, 2.05) is 0 Å². The van der Waals surface area contributed by atoms with Crippen LogP contribution >= 0.6 is 0 Å². The predicted molar refractivity (Wildman–Crippen MR) is 99.1 cm³/mol. The van der Waals surface area contributed by atoms with Crippen molar-refractivity contribution >= 4 is 11.7 Å². The second-order valence-electron chi connectivity index (χ2n) is 8.88. The molecular formula is C21H28FNO3. The third-order valence-electron chi connectivity index (χ3n) is 5.48. The summed E-state index contributed by atoms with van der Waals surface area (Å²) in [6.45, 7) is 5.14. The molecule has 0 unspecified atom stereocenters. The van der Waals surface area contributed by atoms with Gasteiger partial charge in [-0.05, 0) is 74.6 Å². The van der Waals surface area contributed by atoms with Crippen molar-refractivity contribution < 1.29 is 13.9 Å². The molecular weight excluding hydrogens is 333 g/mol. The van der Waals surface area contributed by atoms with Crippen LogP contribution in [0.4, 0.5) is 10.1 Å². The van der Waals surface area contributed by atoms with Crippen LogP contribution in [0.1, 0.15) is 87.6 Å². The van der Waals surface area contributed by atoms with Crippen LogP contribution < -0.4 is 0 Å². The second kappa shape index (κ2) is 7.45. The summed E-state index contributed by atoms with van der Waals surface area (Å²) >= 11 is 0. The highest BCUT2D eigenvalue weighted by Gasteiger charge is 2.31. The Hall–Kier alpha value is -1.78. The third-order valence-corrected chi connectivity index (χ3v) is 5.48. The lowest BCUT2D eigenvalue weighted by Gasteiger charge is -2.20. The molecule has 0 aromatic heterocycles. The number of hydrogen-bond donors (Lipinski definition) is 0. The van der Waals surface area contributed by atoms with Crippen molar-refractivity contribution in [2.75, 3.05) is 0 Å². The second-order valence-corrected chi connectivity index (χ2v) is 8.88. The SMILES string of the molecule is C1CC2CCC1C2.CC(C)(C)OC(=O)c1cc(C2CC2)c(N=O)cc1F. The number of nitrogens with zero attached hydrogens (tertiary/aromatic N) is 1. The van der Waals surface area contributed by atoms with Crippen molar-refractivity contribution in [2.24, 2.45) is 17.0 Å². The number of nitroso groups, excluding NO2 is 1. The summed E-state index contributed by atoms with van der Waals surface area (Å²) in [4.78, 5) is 22.6. The molecule has 2 bridgehead atoms. The molecule has 3 fully saturated rings. The van der Waals surface area contributed by atoms with Gasteiger partial charge in [0.05, 0.1) is 5.56 Å². The monoisotopic (exact) mass is 361 g/mol. The average molecular weight is 361 g/mol. The normalized spacial score (nSPS) is 24.0. The molecule has 0 saturated heterocycles. The van der Waals surface area contributed by atoms with Gasteiger partial charge >= 0.3 is 5.97 Å². The zero-order valence-electron chi connectivity index (χ0n) is 15.9. The summed E-state index contributed by atoms with van der Waals surface area (Å²) in [7, 11) is 0. The van der Waals surface area contributed by atoms with Crippen LogP contribution in [-0.4, -0.2) is 11.6 Å². The quantitative estimate of drug-likeness (QED) is 0.472. The van der Waals surface area contributed by atoms with E-state index in [-0.39, 0.29) is 17.2 Å². The number of carbonyl (C=O) groups excluding carboxylic acids is 1. The number of esters is 1. The molecule has 5 heteroatoms. The first kappa shape index (κ1) is 19.0. The van der Waals surface area contributed by atoms with Crippen molar-refractivity contribution in [2.45, 2.75) is 77.2 Å². The lowest BCUT2D eigenvalue weighted by molar-refractivity contribution is 0.00646. The highest BCUT2D eigenvalue weighted by atomic mass is 19.1. The first-order valence-electron chi connectivity index (χ1n) is 9.67. The van der Waals surface area contributed by atoms with Crippen LogP contribution in [0, 0.1) is 22.6 Å². The highest BCUT2D eigenvalue weighted by Crippen LogP contribution is 2.45. The Morgan fingerprint density at radius 2 is 1.65 bits per heavy atom. The summed E-state index contributed by atoms with van der Waals surface area (Å²) in [5, 5.41) is 2.83. The van der Waals surface area contributed by atoms with Gasteiger partial charge in [0.2, 0.25) is 0 Å². The number of carbonyl (C=O) groups is 1. The number of fused-ring (bicyclic) bond motifs is 2. The molecule has 3 aliphatic carbocycles. The van der Waals surface area contributed by atoms with Gasteiger partial charge in [0.1, 0.15) is 17.1 Å². The molecule has 4 nitrogen and oxygen atoms in total. The Kier molecular flexibility index (Phi) is 5.44. The van der Waals surface area contributed by atoms with Crippen LogP contribution in [0.2, 0.25) is 0 Å². The maximum absolute atomic E-state index is 13.8. The molecule has 0 spiro atoms. The molecule has 1 aromatic carbocycles. The van der Waals surface area contributed by atoms with Crippen molar-refractivity contribution in [3.8, 4) is 0 Å². The number of hydrogen-bond acceptors (Lipinski definition) is 4. The van der Waals surface area contributed by atoms with Gasteiger partial charge in [0.25, 0.3) is 0 Å². The third kappa shape index (κ3) is 4.68. The molecule has 0 radical (unpaired) electrons. The first-order valence-corrected chi connectivity index (χ1v) is 9.67. The lowest BCUT2D eigenvalue weighted by atomic mass is 10.0. The number of benzene rings is 1. The van der Waals surface area contributed by atoms with E-state index in [0.717, 1.165) is 18.9 Å². The van der Waals surface area contributed by atoms with Crippen molar-refractivity contribution in [3.63, 3.8) is 0 Å². The molecule has 26 heavy (non-hydrogen) atoms. The Labute approximate surface area is 154 Å². The van der Waals surface area contributed by atoms with E-state index >= 15 is 0 Å². The smallest absolute Gasteiger partial charge is 0.341 e. The van der Waals surface area contributed by atoms with E-state index < -0.39 is 17.4 Å². The van der Waals surface area contributed by atoms with Gasteiger partial charge in [-0.15, -0.1) is 4.91 Å². The van der Waals surface area contributed by atoms with Crippen molar-refractivity contribution in [3.05, 3.63) is 34.0 Å². The molecule has 0 heterocycles. The van der Waals surface area contributed by atoms with E-state index in [1.54, 1.807) is 52.9 Å². The predicted octanol–water partition coefficient (Wildman–Crippen LogP) is 6.25. The molecule has 0 amide bonds. The number of ether oxygens (including phenoxy) is 1. The van der Waals surface area contributed by atoms with Crippen LogP contribution in [0.5, 0.6) is 0 Å². The van der Waals surface area contributed by atoms with Gasteiger partial charge in [0.15, 0.2) is 0 Å². The first-order chi connectivity index (χ1) is 12.3. The molecule has 0 atom stereocenters. The van der Waals surface area contributed by atoms with Gasteiger partial charge in [-0.3, -0.25) is 0 Å². The summed E-state index contributed by atoms with van der Waals surface area (Å²) in [5.74, 6) is 1.06. The van der Waals surface area contributed by atoms with Gasteiger partial charge in [-0.2, -0.15) is 0 Å². The van der Waals surface area contributed by atoms with Gasteiger partial charge in [-0.1, -0.05) is 25.7 Å². The molecule has 0 N–H and O–H groups in total. The van der Waals surface area contributed by atoms with Crippen molar-refractivity contribution in [1.29, 1.82) is 0 Å². The minimum Gasteiger partial charge on any atom is -0.456 e.